The molecule has 2 heterocycles. The number of benzene rings is 2. The summed E-state index contributed by atoms with van der Waals surface area (Å²) in [6.07, 6.45) is 1.65. The third-order valence-corrected chi connectivity index (χ3v) is 7.61. The Labute approximate surface area is 224 Å². The van der Waals surface area contributed by atoms with Gasteiger partial charge in [0.1, 0.15) is 5.75 Å². The summed E-state index contributed by atoms with van der Waals surface area (Å²) >= 11 is 0. The van der Waals surface area contributed by atoms with E-state index in [9.17, 15) is 33.3 Å². The van der Waals surface area contributed by atoms with E-state index in [1.54, 1.807) is 18.2 Å². The number of nitrogens with one attached hydrogen (secondary N) is 1. The van der Waals surface area contributed by atoms with E-state index in [4.69, 9.17) is 4.74 Å². The maximum Gasteiger partial charge on any atom is 0.309 e. The Bertz CT molecular complexity index is 1300. The molecule has 2 aromatic carbocycles. The predicted molar refractivity (Wildman–Crippen MR) is 139 cm³/mol. The Hall–Kier alpha value is -3.41. The standard InChI is InChI=1S/C28H32F3N3O5/c1-39-19-2-3-23-20(14-19)25(17(16-35)15-33-23)24(36)4-5-28(27(37)38)6-9-34(10-7-28)11-8-32-18-12-21(29)26(31)22(30)13-18/h2-3,12-15,24,32,35-36H,4-11,16H2,1H3,(H,37,38)/t24-/m1/s1. The third-order valence-electron chi connectivity index (χ3n) is 7.61. The van der Waals surface area contributed by atoms with Crippen LogP contribution in [0.3, 0.4) is 0 Å². The molecule has 0 saturated carbocycles. The number of nitrogens with zero attached hydrogens (tertiary/aromatic N) is 2. The normalized spacial score (nSPS) is 16.3. The van der Waals surface area contributed by atoms with Gasteiger partial charge in [-0.05, 0) is 62.5 Å². The number of aliphatic carboxylic acids is 1. The molecule has 0 unspecified atom stereocenters. The number of ether oxygens (including phenoxy) is 1. The van der Waals surface area contributed by atoms with Crippen molar-refractivity contribution >= 4 is 22.6 Å². The van der Waals surface area contributed by atoms with Crippen molar-refractivity contribution in [1.82, 2.24) is 9.88 Å². The Morgan fingerprint density at radius 2 is 1.87 bits per heavy atom. The molecule has 1 aliphatic heterocycles. The number of pyridine rings is 1. The average molecular weight is 548 g/mol. The van der Waals surface area contributed by atoms with Gasteiger partial charge < -0.3 is 30.3 Å². The molecule has 0 bridgehead atoms. The van der Waals surface area contributed by atoms with Crippen molar-refractivity contribution in [3.8, 4) is 5.75 Å². The molecule has 0 spiro atoms. The molecular weight excluding hydrogens is 515 g/mol. The summed E-state index contributed by atoms with van der Waals surface area (Å²) in [6.45, 7) is 1.51. The van der Waals surface area contributed by atoms with Crippen molar-refractivity contribution in [2.45, 2.75) is 38.4 Å². The molecule has 11 heteroatoms. The number of carboxylic acids is 1. The van der Waals surface area contributed by atoms with Crippen molar-refractivity contribution in [3.05, 3.63) is 65.1 Å². The number of aliphatic hydroxyl groups excluding tert-OH is 2. The lowest BCUT2D eigenvalue weighted by molar-refractivity contribution is -0.153. The lowest BCUT2D eigenvalue weighted by Crippen LogP contribution is -2.45. The highest BCUT2D eigenvalue weighted by Crippen LogP contribution is 2.40. The summed E-state index contributed by atoms with van der Waals surface area (Å²) < 4.78 is 45.3. The molecule has 4 rings (SSSR count). The first kappa shape index (κ1) is 28.6. The van der Waals surface area contributed by atoms with Crippen molar-refractivity contribution in [2.75, 3.05) is 38.6 Å². The van der Waals surface area contributed by atoms with Crippen LogP contribution in [0.2, 0.25) is 0 Å². The minimum atomic E-state index is -1.52. The van der Waals surface area contributed by atoms with Crippen LogP contribution in [-0.2, 0) is 11.4 Å². The first-order valence-corrected chi connectivity index (χ1v) is 12.8. The Morgan fingerprint density at radius 3 is 2.49 bits per heavy atom. The zero-order valence-corrected chi connectivity index (χ0v) is 21.6. The van der Waals surface area contributed by atoms with E-state index >= 15 is 0 Å². The zero-order chi connectivity index (χ0) is 28.2. The van der Waals surface area contributed by atoms with Gasteiger partial charge in [0.05, 0.1) is 30.8 Å². The van der Waals surface area contributed by atoms with Crippen LogP contribution in [0.5, 0.6) is 5.75 Å². The summed E-state index contributed by atoms with van der Waals surface area (Å²) in [6, 6.07) is 7.04. The number of fused-ring (bicyclic) bond motifs is 1. The second-order valence-corrected chi connectivity index (χ2v) is 9.90. The monoisotopic (exact) mass is 547 g/mol. The lowest BCUT2D eigenvalue weighted by atomic mass is 9.74. The second kappa shape index (κ2) is 12.2. The van der Waals surface area contributed by atoms with Crippen LogP contribution in [0.4, 0.5) is 18.9 Å². The van der Waals surface area contributed by atoms with Gasteiger partial charge in [-0.3, -0.25) is 9.78 Å². The Morgan fingerprint density at radius 1 is 1.18 bits per heavy atom. The summed E-state index contributed by atoms with van der Waals surface area (Å²) in [5.74, 6) is -4.40. The number of hydrogen-bond donors (Lipinski definition) is 4. The van der Waals surface area contributed by atoms with Crippen LogP contribution in [0.25, 0.3) is 10.9 Å². The largest absolute Gasteiger partial charge is 0.497 e. The highest BCUT2D eigenvalue weighted by molar-refractivity contribution is 5.85. The van der Waals surface area contributed by atoms with E-state index in [1.807, 2.05) is 4.90 Å². The average Bonchev–Trinajstić information content (AvgIpc) is 2.94. The molecular formula is C28H32F3N3O5. The number of rotatable bonds is 11. The Balaban J connectivity index is 1.38. The molecule has 8 nitrogen and oxygen atoms in total. The topological polar surface area (TPSA) is 115 Å². The number of piperidine rings is 1. The summed E-state index contributed by atoms with van der Waals surface area (Å²) in [5.41, 5.74) is 0.715. The second-order valence-electron chi connectivity index (χ2n) is 9.90. The van der Waals surface area contributed by atoms with Gasteiger partial charge in [0.15, 0.2) is 17.5 Å². The van der Waals surface area contributed by atoms with Gasteiger partial charge in [0.2, 0.25) is 0 Å². The number of carbonyl (C=O) groups is 1. The maximum atomic E-state index is 13.4. The van der Waals surface area contributed by atoms with E-state index in [-0.39, 0.29) is 25.1 Å². The van der Waals surface area contributed by atoms with Crippen LogP contribution in [0.15, 0.2) is 36.5 Å². The van der Waals surface area contributed by atoms with Gasteiger partial charge in [-0.25, -0.2) is 13.2 Å². The number of carboxylic acid groups (broad SMARTS) is 1. The smallest absolute Gasteiger partial charge is 0.309 e. The van der Waals surface area contributed by atoms with E-state index in [2.05, 4.69) is 10.3 Å². The van der Waals surface area contributed by atoms with Crippen molar-refractivity contribution in [2.24, 2.45) is 5.41 Å². The highest BCUT2D eigenvalue weighted by atomic mass is 19.2. The van der Waals surface area contributed by atoms with Crippen LogP contribution in [-0.4, -0.2) is 64.5 Å². The molecule has 1 aromatic heterocycles. The molecule has 0 aliphatic carbocycles. The fourth-order valence-corrected chi connectivity index (χ4v) is 5.23. The van der Waals surface area contributed by atoms with Gasteiger partial charge in [0.25, 0.3) is 0 Å². The molecule has 3 aromatic rings. The zero-order valence-electron chi connectivity index (χ0n) is 21.6. The minimum absolute atomic E-state index is 0.126. The van der Waals surface area contributed by atoms with Crippen LogP contribution >= 0.6 is 0 Å². The van der Waals surface area contributed by atoms with E-state index < -0.39 is 34.9 Å². The maximum absolute atomic E-state index is 13.4. The number of halogens is 3. The van der Waals surface area contributed by atoms with Gasteiger partial charge in [-0.1, -0.05) is 0 Å². The SMILES string of the molecule is COc1ccc2ncc(CO)c([C@H](O)CCC3(C(=O)O)CCN(CCNc4cc(F)c(F)c(F)c4)CC3)c2c1. The van der Waals surface area contributed by atoms with Crippen LogP contribution < -0.4 is 10.1 Å². The summed E-state index contributed by atoms with van der Waals surface area (Å²) in [4.78, 5) is 18.8. The van der Waals surface area contributed by atoms with Crippen molar-refractivity contribution < 1.29 is 38.0 Å². The molecule has 1 saturated heterocycles. The minimum Gasteiger partial charge on any atom is -0.497 e. The molecule has 0 radical (unpaired) electrons. The fourth-order valence-electron chi connectivity index (χ4n) is 5.23. The number of methoxy groups -OCH3 is 1. The van der Waals surface area contributed by atoms with Crippen LogP contribution in [0, 0.1) is 22.9 Å². The quantitative estimate of drug-likeness (QED) is 0.264. The molecule has 1 atom stereocenters. The highest BCUT2D eigenvalue weighted by Gasteiger charge is 2.41. The molecule has 1 fully saturated rings. The van der Waals surface area contributed by atoms with Gasteiger partial charge in [-0.15, -0.1) is 0 Å². The first-order chi connectivity index (χ1) is 18.7. The number of aliphatic hydroxyl groups is 2. The van der Waals surface area contributed by atoms with Crippen LogP contribution in [0.1, 0.15) is 42.9 Å². The number of hydrogen-bond acceptors (Lipinski definition) is 7. The molecule has 4 N–H and O–H groups in total. The van der Waals surface area contributed by atoms with Gasteiger partial charge in [-0.2, -0.15) is 0 Å². The molecule has 0 amide bonds. The Kier molecular flexibility index (Phi) is 8.94. The number of likely N-dealkylation sites (tertiary alicyclic amines) is 1. The molecule has 210 valence electrons. The number of aromatic nitrogens is 1. The predicted octanol–water partition coefficient (Wildman–Crippen LogP) is 4.25. The van der Waals surface area contributed by atoms with E-state index in [1.165, 1.54) is 13.3 Å². The molecule has 1 aliphatic rings. The van der Waals surface area contributed by atoms with Gasteiger partial charge >= 0.3 is 5.97 Å². The first-order valence-electron chi connectivity index (χ1n) is 12.8. The summed E-state index contributed by atoms with van der Waals surface area (Å²) in [7, 11) is 1.53. The van der Waals surface area contributed by atoms with Crippen molar-refractivity contribution in [1.29, 1.82) is 0 Å². The third kappa shape index (κ3) is 6.26. The van der Waals surface area contributed by atoms with E-state index in [0.717, 1.165) is 12.1 Å². The molecule has 39 heavy (non-hydrogen) atoms. The van der Waals surface area contributed by atoms with E-state index in [0.29, 0.717) is 66.8 Å². The van der Waals surface area contributed by atoms with Crippen molar-refractivity contribution in [3.63, 3.8) is 0 Å². The summed E-state index contributed by atoms with van der Waals surface area (Å²) in [5, 5.41) is 34.7. The fraction of sp³-hybridized carbons (Fsp3) is 0.429. The van der Waals surface area contributed by atoms with Gasteiger partial charge in [0, 0.05) is 48.1 Å². The number of anilines is 1. The lowest BCUT2D eigenvalue weighted by Gasteiger charge is -2.39.